The maximum absolute atomic E-state index is 13.2. The van der Waals surface area contributed by atoms with Gasteiger partial charge in [-0.3, -0.25) is 0 Å². The van der Waals surface area contributed by atoms with Gasteiger partial charge in [-0.05, 0) is 87.7 Å². The molecule has 6 fully saturated rings. The molecule has 8 N–H and O–H groups in total. The van der Waals surface area contributed by atoms with E-state index in [1.807, 2.05) is 0 Å². The van der Waals surface area contributed by atoms with E-state index in [0.717, 1.165) is 11.8 Å². The Labute approximate surface area is 295 Å². The van der Waals surface area contributed by atoms with Crippen molar-refractivity contribution in [2.75, 3.05) is 6.61 Å². The average molecular weight is 725 g/mol. The molecule has 2 aliphatic heterocycles. The number of carbonyl (C=O) groups is 1. The summed E-state index contributed by atoms with van der Waals surface area (Å²) in [5.41, 5.74) is -3.79. The first-order valence-corrected chi connectivity index (χ1v) is 18.3. The van der Waals surface area contributed by atoms with Crippen LogP contribution >= 0.6 is 0 Å². The van der Waals surface area contributed by atoms with Crippen molar-refractivity contribution >= 4 is 6.29 Å². The molecule has 0 bridgehead atoms. The van der Waals surface area contributed by atoms with Crippen LogP contribution in [0.4, 0.5) is 0 Å². The summed E-state index contributed by atoms with van der Waals surface area (Å²) in [6.45, 7) is 2.87. The maximum atomic E-state index is 13.2. The Morgan fingerprint density at radius 3 is 2.24 bits per heavy atom. The molecule has 6 aliphatic rings. The van der Waals surface area contributed by atoms with Crippen LogP contribution < -0.4 is 5.63 Å². The van der Waals surface area contributed by atoms with Crippen LogP contribution in [0.3, 0.4) is 0 Å². The number of carbonyl (C=O) groups excluding carboxylic acids is 1. The van der Waals surface area contributed by atoms with Gasteiger partial charge in [-0.1, -0.05) is 6.92 Å². The van der Waals surface area contributed by atoms with Gasteiger partial charge in [0, 0.05) is 17.9 Å². The molecule has 3 heterocycles. The molecule has 51 heavy (non-hydrogen) atoms. The zero-order valence-corrected chi connectivity index (χ0v) is 28.9. The fourth-order valence-electron chi connectivity index (χ4n) is 11.2. The average Bonchev–Trinajstić information content (AvgIpc) is 3.39. The molecule has 15 nitrogen and oxygen atoms in total. The van der Waals surface area contributed by atoms with E-state index in [-0.39, 0.29) is 37.0 Å². The van der Waals surface area contributed by atoms with E-state index in [2.05, 4.69) is 6.92 Å². The highest BCUT2D eigenvalue weighted by Crippen LogP contribution is 2.71. The van der Waals surface area contributed by atoms with Gasteiger partial charge in [0.15, 0.2) is 12.6 Å². The highest BCUT2D eigenvalue weighted by atomic mass is 16.7. The summed E-state index contributed by atoms with van der Waals surface area (Å²) in [7, 11) is 0. The zero-order valence-electron chi connectivity index (χ0n) is 28.9. The van der Waals surface area contributed by atoms with E-state index in [9.17, 15) is 50.4 Å². The number of rotatable bonds is 7. The summed E-state index contributed by atoms with van der Waals surface area (Å²) in [4.78, 5) is 24.8. The minimum Gasteiger partial charge on any atom is -0.431 e. The highest BCUT2D eigenvalue weighted by Gasteiger charge is 2.71. The topological polar surface area (TPSA) is 246 Å². The molecule has 7 rings (SSSR count). The largest absolute Gasteiger partial charge is 0.431 e. The van der Waals surface area contributed by atoms with E-state index in [0.29, 0.717) is 38.5 Å². The summed E-state index contributed by atoms with van der Waals surface area (Å²) >= 11 is 0. The van der Waals surface area contributed by atoms with E-state index in [4.69, 9.17) is 23.4 Å². The maximum Gasteiger partial charge on any atom is 0.335 e. The lowest BCUT2D eigenvalue weighted by atomic mass is 9.41. The Balaban J connectivity index is 1.04. The number of hydrogen-bond donors (Lipinski definition) is 8. The van der Waals surface area contributed by atoms with Gasteiger partial charge in [0.05, 0.1) is 41.7 Å². The summed E-state index contributed by atoms with van der Waals surface area (Å²) in [6.07, 6.45) is -9.09. The van der Waals surface area contributed by atoms with Crippen molar-refractivity contribution in [3.05, 3.63) is 34.4 Å². The molecule has 0 amide bonds. The van der Waals surface area contributed by atoms with Crippen molar-refractivity contribution in [3.8, 4) is 0 Å². The first-order valence-electron chi connectivity index (χ1n) is 18.3. The van der Waals surface area contributed by atoms with Crippen LogP contribution in [0, 0.1) is 22.7 Å². The van der Waals surface area contributed by atoms with Crippen LogP contribution in [0.25, 0.3) is 0 Å². The Kier molecular flexibility index (Phi) is 9.89. The lowest BCUT2D eigenvalue weighted by Crippen LogP contribution is -2.69. The molecule has 4 aliphatic carbocycles. The van der Waals surface area contributed by atoms with E-state index in [1.165, 1.54) is 19.3 Å². The Morgan fingerprint density at radius 2 is 1.55 bits per heavy atom. The van der Waals surface area contributed by atoms with Crippen molar-refractivity contribution < 1.29 is 69.0 Å². The quantitative estimate of drug-likeness (QED) is 0.127. The Morgan fingerprint density at radius 1 is 0.843 bits per heavy atom. The van der Waals surface area contributed by atoms with Gasteiger partial charge >= 0.3 is 5.63 Å². The van der Waals surface area contributed by atoms with Crippen LogP contribution in [0.15, 0.2) is 27.6 Å². The molecule has 4 saturated carbocycles. The van der Waals surface area contributed by atoms with Crippen molar-refractivity contribution in [3.63, 3.8) is 0 Å². The predicted molar refractivity (Wildman–Crippen MR) is 173 cm³/mol. The second-order valence-corrected chi connectivity index (χ2v) is 16.3. The highest BCUT2D eigenvalue weighted by molar-refractivity contribution is 5.64. The third-order valence-corrected chi connectivity index (χ3v) is 14.1. The SMILES string of the molecule is CC1OC(OC2C(CO)OC(OC3CCC4(C=O)C5CCC6(C)C(c7ccc(=O)oc7)CCC6(O)C5CCC4(O)C3)C(O)C2O)C(O)C(O)C1O. The summed E-state index contributed by atoms with van der Waals surface area (Å²) in [5.74, 6) is -0.548. The molecular weight excluding hydrogens is 672 g/mol. The minimum atomic E-state index is -1.69. The van der Waals surface area contributed by atoms with Gasteiger partial charge in [0.1, 0.15) is 49.0 Å². The van der Waals surface area contributed by atoms with Crippen molar-refractivity contribution in [1.29, 1.82) is 0 Å². The zero-order chi connectivity index (χ0) is 36.7. The van der Waals surface area contributed by atoms with Crippen molar-refractivity contribution in [1.82, 2.24) is 0 Å². The smallest absolute Gasteiger partial charge is 0.335 e. The minimum absolute atomic E-state index is 0.0294. The van der Waals surface area contributed by atoms with Crippen LogP contribution in [-0.2, 0) is 23.7 Å². The summed E-state index contributed by atoms with van der Waals surface area (Å²) in [6, 6.07) is 3.16. The number of fused-ring (bicyclic) bond motifs is 5. The van der Waals surface area contributed by atoms with Gasteiger partial charge in [-0.2, -0.15) is 0 Å². The Hall–Kier alpha value is -1.86. The van der Waals surface area contributed by atoms with Crippen LogP contribution in [-0.4, -0.2) is 132 Å². The van der Waals surface area contributed by atoms with Crippen LogP contribution in [0.1, 0.15) is 83.1 Å². The summed E-state index contributed by atoms with van der Waals surface area (Å²) < 4.78 is 28.3. The summed E-state index contributed by atoms with van der Waals surface area (Å²) in [5, 5.41) is 87.7. The van der Waals surface area contributed by atoms with Gasteiger partial charge in [-0.15, -0.1) is 0 Å². The predicted octanol–water partition coefficient (Wildman–Crippen LogP) is -0.788. The number of aliphatic hydroxyl groups is 8. The van der Waals surface area contributed by atoms with E-state index in [1.54, 1.807) is 6.07 Å². The molecule has 18 unspecified atom stereocenters. The molecule has 1 aromatic heterocycles. The van der Waals surface area contributed by atoms with Gasteiger partial charge in [0.25, 0.3) is 0 Å². The second kappa shape index (κ2) is 13.5. The molecule has 18 atom stereocenters. The first kappa shape index (κ1) is 37.5. The molecule has 286 valence electrons. The third kappa shape index (κ3) is 5.70. The van der Waals surface area contributed by atoms with Crippen molar-refractivity contribution in [2.24, 2.45) is 22.7 Å². The molecule has 0 radical (unpaired) electrons. The first-order chi connectivity index (χ1) is 24.1. The van der Waals surface area contributed by atoms with Gasteiger partial charge in [0.2, 0.25) is 0 Å². The number of hydrogen-bond acceptors (Lipinski definition) is 15. The van der Waals surface area contributed by atoms with E-state index < -0.39 is 102 Å². The fraction of sp³-hybridized carbons (Fsp3) is 0.833. The third-order valence-electron chi connectivity index (χ3n) is 14.1. The molecule has 0 aromatic carbocycles. The lowest BCUT2D eigenvalue weighted by Gasteiger charge is -2.65. The molecule has 0 spiro atoms. The molecule has 1 aromatic rings. The number of aliphatic hydroxyl groups excluding tert-OH is 6. The number of aldehydes is 1. The van der Waals surface area contributed by atoms with Gasteiger partial charge < -0.3 is 69.0 Å². The van der Waals surface area contributed by atoms with Gasteiger partial charge in [-0.25, -0.2) is 4.79 Å². The Bertz CT molecular complexity index is 1470. The standard InChI is InChI=1S/C36H52O15/c1-17-25(40)26(41)28(43)31(48-17)51-30-23(14-37)50-32(29(44)27(30)42)49-19-5-10-34(16-38)21-6-9-33(2)20(18-3-4-24(39)47-15-18)8-12-36(33,46)22(21)7-11-35(34,45)13-19/h3-4,15-17,19-23,25-32,37,40-46H,5-14H2,1-2H3. The molecule has 15 heteroatoms. The lowest BCUT2D eigenvalue weighted by molar-refractivity contribution is -0.363. The molecular formula is C36H52O15. The van der Waals surface area contributed by atoms with E-state index >= 15 is 0 Å². The normalized spacial score (nSPS) is 52.7. The molecule has 2 saturated heterocycles. The van der Waals surface area contributed by atoms with Crippen LogP contribution in [0.2, 0.25) is 0 Å². The second-order valence-electron chi connectivity index (χ2n) is 16.3. The van der Waals surface area contributed by atoms with Crippen molar-refractivity contribution in [2.45, 2.75) is 156 Å². The van der Waals surface area contributed by atoms with Crippen LogP contribution in [0.5, 0.6) is 0 Å². The number of ether oxygens (including phenoxy) is 4. The fourth-order valence-corrected chi connectivity index (χ4v) is 11.2. The monoisotopic (exact) mass is 724 g/mol.